The zero-order valence-corrected chi connectivity index (χ0v) is 24.0. The Hall–Kier alpha value is -5.83. The fourth-order valence-electron chi connectivity index (χ4n) is 4.54. The van der Waals surface area contributed by atoms with E-state index in [4.69, 9.17) is 18.9 Å². The van der Waals surface area contributed by atoms with Crippen molar-refractivity contribution in [3.63, 3.8) is 0 Å². The Labute approximate surface area is 263 Å². The molecule has 5 rings (SSSR count). The maximum atomic E-state index is 13.2. The Kier molecular flexibility index (Phi) is 9.75. The molecule has 1 aliphatic rings. The van der Waals surface area contributed by atoms with Crippen LogP contribution in [-0.2, 0) is 23.7 Å². The molecule has 1 aliphatic heterocycles. The topological polar surface area (TPSA) is 152 Å². The zero-order chi connectivity index (χ0) is 33.6. The molecule has 0 bridgehead atoms. The summed E-state index contributed by atoms with van der Waals surface area (Å²) in [6.07, 6.45) is -10.3. The van der Waals surface area contributed by atoms with Crippen molar-refractivity contribution in [1.29, 1.82) is 0 Å². The minimum absolute atomic E-state index is 0.0917. The number of halogens is 3. The van der Waals surface area contributed by atoms with Crippen LogP contribution in [0.5, 0.6) is 0 Å². The van der Waals surface area contributed by atoms with Crippen LogP contribution in [0.15, 0.2) is 108 Å². The Bertz CT molecular complexity index is 1800. The number of alkyl halides is 3. The molecule has 1 fully saturated rings. The van der Waals surface area contributed by atoms with Gasteiger partial charge in [-0.05, 0) is 42.5 Å². The summed E-state index contributed by atoms with van der Waals surface area (Å²) in [6.45, 7) is -0.543. The third-order valence-electron chi connectivity index (χ3n) is 6.78. The van der Waals surface area contributed by atoms with E-state index in [2.05, 4.69) is 4.98 Å². The summed E-state index contributed by atoms with van der Waals surface area (Å²) in [4.78, 5) is 67.1. The van der Waals surface area contributed by atoms with Crippen LogP contribution in [0.1, 0.15) is 37.3 Å². The molecule has 0 radical (unpaired) electrons. The number of anilines is 1. The van der Waals surface area contributed by atoms with Gasteiger partial charge in [0.15, 0.2) is 18.4 Å². The Morgan fingerprint density at radius 1 is 0.745 bits per heavy atom. The van der Waals surface area contributed by atoms with Crippen molar-refractivity contribution in [1.82, 2.24) is 9.55 Å². The van der Waals surface area contributed by atoms with E-state index in [0.717, 1.165) is 16.8 Å². The fraction of sp³-hybridized carbons (Fsp3) is 0.188. The van der Waals surface area contributed by atoms with E-state index in [1.807, 2.05) is 0 Å². The van der Waals surface area contributed by atoms with E-state index < -0.39 is 72.6 Å². The second-order valence-electron chi connectivity index (χ2n) is 9.96. The van der Waals surface area contributed by atoms with E-state index in [1.165, 1.54) is 41.7 Å². The van der Waals surface area contributed by atoms with Crippen molar-refractivity contribution in [2.45, 2.75) is 30.7 Å². The second-order valence-corrected chi connectivity index (χ2v) is 9.96. The number of benzene rings is 3. The van der Waals surface area contributed by atoms with Gasteiger partial charge in [0, 0.05) is 6.20 Å². The molecular formula is C32H24F3N3O9. The van der Waals surface area contributed by atoms with Gasteiger partial charge >= 0.3 is 35.7 Å². The molecule has 4 atom stereocenters. The Morgan fingerprint density at radius 2 is 1.23 bits per heavy atom. The second kappa shape index (κ2) is 14.1. The van der Waals surface area contributed by atoms with Crippen molar-refractivity contribution in [3.8, 4) is 0 Å². The van der Waals surface area contributed by atoms with Gasteiger partial charge in [0.25, 0.3) is 0 Å². The Morgan fingerprint density at radius 3 is 1.72 bits per heavy atom. The number of amides is 1. The lowest BCUT2D eigenvalue weighted by molar-refractivity contribution is -0.167. The van der Waals surface area contributed by atoms with E-state index in [9.17, 15) is 37.1 Å². The molecule has 0 unspecified atom stereocenters. The van der Waals surface area contributed by atoms with Gasteiger partial charge in [-0.15, -0.1) is 0 Å². The molecule has 242 valence electrons. The smallest absolute Gasteiger partial charge is 0.459 e. The first-order valence-electron chi connectivity index (χ1n) is 13.9. The highest BCUT2D eigenvalue weighted by molar-refractivity contribution is 5.94. The molecule has 4 aromatic rings. The maximum Gasteiger partial charge on any atom is 0.471 e. The van der Waals surface area contributed by atoms with Crippen molar-refractivity contribution in [2.75, 3.05) is 11.9 Å². The lowest BCUT2D eigenvalue weighted by atomic mass is 10.1. The van der Waals surface area contributed by atoms with Crippen molar-refractivity contribution in [3.05, 3.63) is 130 Å². The number of esters is 3. The van der Waals surface area contributed by atoms with E-state index in [1.54, 1.807) is 54.6 Å². The first kappa shape index (κ1) is 32.6. The number of hydrogen-bond acceptors (Lipinski definition) is 10. The first-order valence-corrected chi connectivity index (χ1v) is 13.9. The molecular weight excluding hydrogens is 627 g/mol. The van der Waals surface area contributed by atoms with Gasteiger partial charge < -0.3 is 24.3 Å². The normalized spacial score (nSPS) is 19.0. The zero-order valence-electron chi connectivity index (χ0n) is 24.0. The summed E-state index contributed by atoms with van der Waals surface area (Å²) in [6, 6.07) is 24.3. The third-order valence-corrected chi connectivity index (χ3v) is 6.78. The standard InChI is InChI=1S/C32H24F3N3O9/c33-32(34,35)30(42)36-23-16-17-38(31(43)37-23)26-25(47-29(41)21-14-8-3-9-15-21)24(46-28(40)20-12-6-2-7-13-20)22(45-26)18-44-27(39)19-10-4-1-5-11-19/h1-17,22,24-26H,18H2,(H,36,37,42,43)/t22-,24-,25-,26-/m1/s1. The van der Waals surface area contributed by atoms with Gasteiger partial charge in [-0.2, -0.15) is 18.2 Å². The van der Waals surface area contributed by atoms with Gasteiger partial charge in [0.2, 0.25) is 0 Å². The summed E-state index contributed by atoms with van der Waals surface area (Å²) in [5.41, 5.74) is -0.809. The van der Waals surface area contributed by atoms with Crippen LogP contribution in [0.4, 0.5) is 19.0 Å². The van der Waals surface area contributed by atoms with Crippen LogP contribution in [0.3, 0.4) is 0 Å². The van der Waals surface area contributed by atoms with Crippen LogP contribution < -0.4 is 11.0 Å². The summed E-state index contributed by atoms with van der Waals surface area (Å²) in [5, 5.41) is 1.47. The number of rotatable bonds is 9. The highest BCUT2D eigenvalue weighted by Crippen LogP contribution is 2.35. The molecule has 0 aliphatic carbocycles. The van der Waals surface area contributed by atoms with E-state index in [0.29, 0.717) is 0 Å². The summed E-state index contributed by atoms with van der Waals surface area (Å²) < 4.78 is 62.0. The summed E-state index contributed by atoms with van der Waals surface area (Å²) in [7, 11) is 0. The molecule has 12 nitrogen and oxygen atoms in total. The number of carbonyl (C=O) groups excluding carboxylic acids is 4. The van der Waals surface area contributed by atoms with Crippen LogP contribution >= 0.6 is 0 Å². The largest absolute Gasteiger partial charge is 0.471 e. The summed E-state index contributed by atoms with van der Waals surface area (Å²) >= 11 is 0. The monoisotopic (exact) mass is 651 g/mol. The predicted octanol–water partition coefficient (Wildman–Crippen LogP) is 3.95. The van der Waals surface area contributed by atoms with Gasteiger partial charge in [0.1, 0.15) is 18.5 Å². The molecule has 47 heavy (non-hydrogen) atoms. The molecule has 1 amide bonds. The molecule has 3 aromatic carbocycles. The fourth-order valence-corrected chi connectivity index (χ4v) is 4.54. The first-order chi connectivity index (χ1) is 22.5. The minimum Gasteiger partial charge on any atom is -0.459 e. The molecule has 15 heteroatoms. The number of ether oxygens (including phenoxy) is 4. The number of hydrogen-bond donors (Lipinski definition) is 1. The molecule has 0 spiro atoms. The number of carbonyl (C=O) groups is 4. The molecule has 1 saturated heterocycles. The molecule has 1 aromatic heterocycles. The van der Waals surface area contributed by atoms with Gasteiger partial charge in [-0.25, -0.2) is 19.2 Å². The SMILES string of the molecule is O=C(OC[C@H]1O[C@@H](n2ccc(NC(=O)C(F)(F)F)nc2=O)[C@H](OC(=O)c2ccccc2)[C@@H]1OC(=O)c1ccccc1)c1ccccc1. The average Bonchev–Trinajstić information content (AvgIpc) is 3.40. The van der Waals surface area contributed by atoms with Crippen molar-refractivity contribution >= 4 is 29.6 Å². The molecule has 2 heterocycles. The lowest BCUT2D eigenvalue weighted by Gasteiger charge is -2.25. The van der Waals surface area contributed by atoms with Crippen molar-refractivity contribution in [2.24, 2.45) is 0 Å². The average molecular weight is 652 g/mol. The highest BCUT2D eigenvalue weighted by atomic mass is 19.4. The predicted molar refractivity (Wildman–Crippen MR) is 155 cm³/mol. The van der Waals surface area contributed by atoms with Crippen molar-refractivity contribution < 1.29 is 51.3 Å². The van der Waals surface area contributed by atoms with Crippen LogP contribution in [0.25, 0.3) is 0 Å². The molecule has 0 saturated carbocycles. The van der Waals surface area contributed by atoms with Crippen LogP contribution in [-0.4, -0.2) is 64.5 Å². The van der Waals surface area contributed by atoms with Gasteiger partial charge in [-0.3, -0.25) is 9.36 Å². The van der Waals surface area contributed by atoms with E-state index in [-0.39, 0.29) is 16.7 Å². The summed E-state index contributed by atoms with van der Waals surface area (Å²) in [5.74, 6) is -5.60. The molecule has 1 N–H and O–H groups in total. The van der Waals surface area contributed by atoms with Crippen LogP contribution in [0, 0.1) is 0 Å². The number of nitrogens with zero attached hydrogens (tertiary/aromatic N) is 2. The maximum absolute atomic E-state index is 13.2. The minimum atomic E-state index is -5.25. The lowest BCUT2D eigenvalue weighted by Crippen LogP contribution is -2.42. The number of aromatic nitrogens is 2. The third kappa shape index (κ3) is 7.88. The van der Waals surface area contributed by atoms with Crippen LogP contribution in [0.2, 0.25) is 0 Å². The quantitative estimate of drug-likeness (QED) is 0.208. The van der Waals surface area contributed by atoms with Gasteiger partial charge in [-0.1, -0.05) is 54.6 Å². The number of nitrogens with one attached hydrogen (secondary N) is 1. The highest BCUT2D eigenvalue weighted by Gasteiger charge is 2.52. The van der Waals surface area contributed by atoms with E-state index >= 15 is 0 Å². The Balaban J connectivity index is 1.50. The van der Waals surface area contributed by atoms with Gasteiger partial charge in [0.05, 0.1) is 16.7 Å².